The van der Waals surface area contributed by atoms with Crippen LogP contribution in [-0.2, 0) is 0 Å². The molecule has 1 aromatic carbocycles. The van der Waals surface area contributed by atoms with Gasteiger partial charge in [0.1, 0.15) is 5.69 Å². The summed E-state index contributed by atoms with van der Waals surface area (Å²) in [4.78, 5) is 10.3. The predicted molar refractivity (Wildman–Crippen MR) is 60.6 cm³/mol. The van der Waals surface area contributed by atoms with E-state index in [1.54, 1.807) is 0 Å². The number of carbonyl (C=O) groups is 1. The topological polar surface area (TPSA) is 49.3 Å². The largest absolute Gasteiger partial charge is 0.465 e. The zero-order chi connectivity index (χ0) is 11.5. The number of quaternary nitrogens is 1. The summed E-state index contributed by atoms with van der Waals surface area (Å²) in [5, 5.41) is 10.6. The van der Waals surface area contributed by atoms with Crippen molar-refractivity contribution in [3.05, 3.63) is 36.4 Å². The van der Waals surface area contributed by atoms with Crippen LogP contribution in [0, 0.1) is 6.54 Å². The minimum Gasteiger partial charge on any atom is -0.465 e. The smallest absolute Gasteiger partial charge is 0.405 e. The van der Waals surface area contributed by atoms with E-state index < -0.39 is 6.09 Å². The lowest BCUT2D eigenvalue weighted by molar-refractivity contribution is 0.197. The zero-order valence-electron chi connectivity index (χ0n) is 9.19. The van der Waals surface area contributed by atoms with Crippen LogP contribution < -0.4 is 9.80 Å². The maximum absolute atomic E-state index is 10.3. The summed E-state index contributed by atoms with van der Waals surface area (Å²) in [7, 11) is 6.23. The highest BCUT2D eigenvalue weighted by molar-refractivity contribution is 5.66. The molecule has 0 saturated carbocycles. The summed E-state index contributed by atoms with van der Waals surface area (Å²) in [5.74, 6) is 0. The standard InChI is InChI=1S/C11H15N2O2/c1-13(2,3)10-6-4-9(5-7-10)8-12-11(14)15/h4-8,12H,1-3H3/p+1. The van der Waals surface area contributed by atoms with E-state index in [2.05, 4.69) is 26.5 Å². The lowest BCUT2D eigenvalue weighted by Gasteiger charge is -2.23. The molecule has 15 heavy (non-hydrogen) atoms. The normalized spacial score (nSPS) is 11.1. The molecular weight excluding hydrogens is 192 g/mol. The van der Waals surface area contributed by atoms with Gasteiger partial charge in [0.05, 0.1) is 27.7 Å². The fraction of sp³-hybridized carbons (Fsp3) is 0.273. The first-order chi connectivity index (χ1) is 6.89. The van der Waals surface area contributed by atoms with Gasteiger partial charge in [0.25, 0.3) is 0 Å². The van der Waals surface area contributed by atoms with Crippen LogP contribution in [0.1, 0.15) is 5.56 Å². The van der Waals surface area contributed by atoms with E-state index in [-0.39, 0.29) is 0 Å². The quantitative estimate of drug-likeness (QED) is 0.742. The summed E-state index contributed by atoms with van der Waals surface area (Å²) in [6.07, 6.45) is -1.05. The molecule has 4 nitrogen and oxygen atoms in total. The fourth-order valence-corrected chi connectivity index (χ4v) is 1.16. The van der Waals surface area contributed by atoms with Crippen molar-refractivity contribution in [1.29, 1.82) is 0 Å². The van der Waals surface area contributed by atoms with E-state index in [0.29, 0.717) is 0 Å². The Balaban J connectivity index is 2.69. The minimum atomic E-state index is -1.05. The molecule has 0 unspecified atom stereocenters. The molecule has 1 rings (SSSR count). The molecule has 4 heteroatoms. The van der Waals surface area contributed by atoms with Gasteiger partial charge in [0.15, 0.2) is 0 Å². The van der Waals surface area contributed by atoms with Gasteiger partial charge in [-0.1, -0.05) is 12.1 Å². The van der Waals surface area contributed by atoms with E-state index in [1.807, 2.05) is 24.3 Å². The molecular formula is C11H16N2O2+. The van der Waals surface area contributed by atoms with Crippen molar-refractivity contribution in [2.45, 2.75) is 0 Å². The third kappa shape index (κ3) is 3.59. The second kappa shape index (κ2) is 4.31. The Morgan fingerprint density at radius 2 is 1.80 bits per heavy atom. The van der Waals surface area contributed by atoms with Crippen molar-refractivity contribution in [1.82, 2.24) is 9.80 Å². The van der Waals surface area contributed by atoms with Crippen molar-refractivity contribution < 1.29 is 9.90 Å². The van der Waals surface area contributed by atoms with Crippen LogP contribution in [0.4, 0.5) is 10.5 Å². The number of nitrogens with zero attached hydrogens (tertiary/aromatic N) is 1. The molecule has 0 aromatic heterocycles. The number of amides is 1. The fourth-order valence-electron chi connectivity index (χ4n) is 1.16. The number of carboxylic acid groups (broad SMARTS) is 1. The first kappa shape index (κ1) is 11.5. The molecule has 0 aliphatic rings. The molecule has 1 radical (unpaired) electrons. The minimum absolute atomic E-state index is 0.743. The number of nitrogens with one attached hydrogen (secondary N) is 1. The van der Waals surface area contributed by atoms with Crippen molar-refractivity contribution in [2.75, 3.05) is 21.1 Å². The van der Waals surface area contributed by atoms with Gasteiger partial charge in [0.2, 0.25) is 0 Å². The Morgan fingerprint density at radius 3 is 2.20 bits per heavy atom. The van der Waals surface area contributed by atoms with Crippen molar-refractivity contribution in [3.8, 4) is 0 Å². The molecule has 0 atom stereocenters. The Hall–Kier alpha value is -1.55. The lowest BCUT2D eigenvalue weighted by atomic mass is 10.2. The van der Waals surface area contributed by atoms with Crippen LogP contribution in [0.2, 0.25) is 0 Å². The van der Waals surface area contributed by atoms with Gasteiger partial charge in [-0.15, -0.1) is 0 Å². The number of benzene rings is 1. The highest BCUT2D eigenvalue weighted by Gasteiger charge is 2.10. The van der Waals surface area contributed by atoms with Gasteiger partial charge < -0.3 is 10.4 Å². The van der Waals surface area contributed by atoms with E-state index in [0.717, 1.165) is 10.0 Å². The SMILES string of the molecule is C[N+](C)(C)c1ccc([CH]NC(=O)O)cc1. The van der Waals surface area contributed by atoms with Gasteiger partial charge in [-0.3, -0.25) is 4.48 Å². The molecule has 0 fully saturated rings. The molecule has 0 saturated heterocycles. The van der Waals surface area contributed by atoms with Crippen molar-refractivity contribution >= 4 is 11.8 Å². The molecule has 0 aliphatic heterocycles. The van der Waals surface area contributed by atoms with Gasteiger partial charge in [-0.25, -0.2) is 4.79 Å². The Morgan fingerprint density at radius 1 is 1.27 bits per heavy atom. The summed E-state index contributed by atoms with van der Waals surface area (Å²) < 4.78 is 0.743. The maximum Gasteiger partial charge on any atom is 0.405 e. The van der Waals surface area contributed by atoms with E-state index >= 15 is 0 Å². The van der Waals surface area contributed by atoms with Crippen LogP contribution in [0.3, 0.4) is 0 Å². The molecule has 0 aliphatic carbocycles. The Kier molecular flexibility index (Phi) is 3.31. The summed E-state index contributed by atoms with van der Waals surface area (Å²) in [5.41, 5.74) is 2.01. The van der Waals surface area contributed by atoms with Gasteiger partial charge >= 0.3 is 6.09 Å². The zero-order valence-corrected chi connectivity index (χ0v) is 9.19. The van der Waals surface area contributed by atoms with E-state index in [9.17, 15) is 4.79 Å². The van der Waals surface area contributed by atoms with Gasteiger partial charge in [0, 0.05) is 0 Å². The predicted octanol–water partition coefficient (Wildman–Crippen LogP) is 1.66. The Labute approximate surface area is 89.7 Å². The number of hydrogen-bond acceptors (Lipinski definition) is 1. The first-order valence-corrected chi connectivity index (χ1v) is 4.64. The molecule has 0 bridgehead atoms. The molecule has 0 spiro atoms. The number of hydrogen-bond donors (Lipinski definition) is 2. The average Bonchev–Trinajstić information content (AvgIpc) is 2.14. The highest BCUT2D eigenvalue weighted by Crippen LogP contribution is 2.17. The highest BCUT2D eigenvalue weighted by atomic mass is 16.4. The number of rotatable bonds is 3. The van der Waals surface area contributed by atoms with Gasteiger partial charge in [-0.2, -0.15) is 0 Å². The second-order valence-electron chi connectivity index (χ2n) is 4.20. The van der Waals surface area contributed by atoms with Crippen LogP contribution in [0.5, 0.6) is 0 Å². The van der Waals surface area contributed by atoms with Crippen LogP contribution in [-0.4, -0.2) is 32.3 Å². The molecule has 81 valence electrons. The maximum atomic E-state index is 10.3. The second-order valence-corrected chi connectivity index (χ2v) is 4.20. The third-order valence-electron chi connectivity index (χ3n) is 2.03. The van der Waals surface area contributed by atoms with Crippen molar-refractivity contribution in [2.24, 2.45) is 0 Å². The van der Waals surface area contributed by atoms with Crippen LogP contribution in [0.15, 0.2) is 24.3 Å². The first-order valence-electron chi connectivity index (χ1n) is 4.64. The van der Waals surface area contributed by atoms with Crippen LogP contribution >= 0.6 is 0 Å². The molecule has 0 heterocycles. The Bertz CT molecular complexity index is 339. The van der Waals surface area contributed by atoms with Crippen molar-refractivity contribution in [3.63, 3.8) is 0 Å². The summed E-state index contributed by atoms with van der Waals surface area (Å²) in [6, 6.07) is 7.73. The lowest BCUT2D eigenvalue weighted by Crippen LogP contribution is -2.34. The van der Waals surface area contributed by atoms with Gasteiger partial charge in [-0.05, 0) is 17.7 Å². The molecule has 1 amide bonds. The van der Waals surface area contributed by atoms with E-state index in [1.165, 1.54) is 12.2 Å². The molecule has 2 N–H and O–H groups in total. The molecule has 1 aromatic rings. The third-order valence-corrected chi connectivity index (χ3v) is 2.03. The summed E-state index contributed by atoms with van der Waals surface area (Å²) in [6.45, 7) is 1.46. The monoisotopic (exact) mass is 208 g/mol. The van der Waals surface area contributed by atoms with Crippen LogP contribution in [0.25, 0.3) is 0 Å². The average molecular weight is 208 g/mol. The summed E-state index contributed by atoms with van der Waals surface area (Å²) >= 11 is 0. The van der Waals surface area contributed by atoms with E-state index in [4.69, 9.17) is 5.11 Å².